The Labute approximate surface area is 114 Å². The Morgan fingerprint density at radius 3 is 2.47 bits per heavy atom. The molecule has 3 atom stereocenters. The van der Waals surface area contributed by atoms with Gasteiger partial charge in [0.2, 0.25) is 0 Å². The minimum absolute atomic E-state index is 0.172. The molecule has 1 aliphatic rings. The van der Waals surface area contributed by atoms with Crippen LogP contribution in [-0.4, -0.2) is 17.8 Å². The quantitative estimate of drug-likeness (QED) is 0.900. The molecule has 2 rings (SSSR count). The van der Waals surface area contributed by atoms with Crippen molar-refractivity contribution in [3.63, 3.8) is 0 Å². The zero-order valence-electron chi connectivity index (χ0n) is 11.7. The molecule has 106 valence electrons. The van der Waals surface area contributed by atoms with Gasteiger partial charge in [0.25, 0.3) is 0 Å². The van der Waals surface area contributed by atoms with E-state index in [0.717, 1.165) is 12.8 Å². The Morgan fingerprint density at radius 2 is 1.84 bits per heavy atom. The topological polar surface area (TPSA) is 29.5 Å². The second kappa shape index (κ2) is 6.49. The summed E-state index contributed by atoms with van der Waals surface area (Å²) in [7, 11) is 0. The summed E-state index contributed by atoms with van der Waals surface area (Å²) in [6.45, 7) is 4.64. The van der Waals surface area contributed by atoms with Crippen molar-refractivity contribution in [2.75, 3.05) is 6.61 Å². The molecule has 3 unspecified atom stereocenters. The molecule has 0 heterocycles. The molecule has 0 aromatic heterocycles. The number of halogens is 1. The number of hydrogen-bond donors (Lipinski definition) is 1. The van der Waals surface area contributed by atoms with Gasteiger partial charge in [0.15, 0.2) is 0 Å². The van der Waals surface area contributed by atoms with E-state index in [1.165, 1.54) is 12.5 Å². The van der Waals surface area contributed by atoms with E-state index in [4.69, 9.17) is 4.74 Å². The molecule has 0 aliphatic heterocycles. The first-order chi connectivity index (χ1) is 9.06. The maximum absolute atomic E-state index is 13.5. The van der Waals surface area contributed by atoms with Gasteiger partial charge in [0, 0.05) is 5.56 Å². The van der Waals surface area contributed by atoms with Crippen molar-refractivity contribution in [1.82, 2.24) is 0 Å². The Morgan fingerprint density at radius 1 is 1.21 bits per heavy atom. The van der Waals surface area contributed by atoms with E-state index in [0.29, 0.717) is 17.4 Å². The van der Waals surface area contributed by atoms with Crippen molar-refractivity contribution in [3.8, 4) is 0 Å². The first kappa shape index (κ1) is 14.5. The normalized spacial score (nSPS) is 29.2. The molecular weight excluding hydrogens is 243 g/mol. The summed E-state index contributed by atoms with van der Waals surface area (Å²) in [5.41, 5.74) is 0.319. The Kier molecular flexibility index (Phi) is 4.94. The Balaban J connectivity index is 1.87. The molecule has 1 N–H and O–H groups in total. The SMILES string of the molecule is CC1CC(C)CC(OCC(O)c2ccccc2F)C1. The van der Waals surface area contributed by atoms with Crippen molar-refractivity contribution in [2.45, 2.75) is 45.3 Å². The molecule has 0 spiro atoms. The standard InChI is InChI=1S/C16H23FO2/c1-11-7-12(2)9-13(8-11)19-10-16(18)14-5-3-4-6-15(14)17/h3-6,11-13,16,18H,7-10H2,1-2H3. The fourth-order valence-corrected chi connectivity index (χ4v) is 3.07. The van der Waals surface area contributed by atoms with Crippen LogP contribution in [-0.2, 0) is 4.74 Å². The van der Waals surface area contributed by atoms with Gasteiger partial charge >= 0.3 is 0 Å². The van der Waals surface area contributed by atoms with Crippen molar-refractivity contribution in [2.24, 2.45) is 11.8 Å². The molecule has 1 aromatic rings. The summed E-state index contributed by atoms with van der Waals surface area (Å²) in [6.07, 6.45) is 2.63. The van der Waals surface area contributed by atoms with Gasteiger partial charge in [0.1, 0.15) is 11.9 Å². The third kappa shape index (κ3) is 4.02. The number of benzene rings is 1. The average molecular weight is 266 g/mol. The number of hydrogen-bond acceptors (Lipinski definition) is 2. The molecule has 2 nitrogen and oxygen atoms in total. The van der Waals surface area contributed by atoms with Gasteiger partial charge < -0.3 is 9.84 Å². The maximum Gasteiger partial charge on any atom is 0.129 e. The van der Waals surface area contributed by atoms with Crippen LogP contribution in [0.25, 0.3) is 0 Å². The molecule has 1 aliphatic carbocycles. The fourth-order valence-electron chi connectivity index (χ4n) is 3.07. The second-order valence-electron chi connectivity index (χ2n) is 5.91. The fraction of sp³-hybridized carbons (Fsp3) is 0.625. The van der Waals surface area contributed by atoms with Crippen LogP contribution >= 0.6 is 0 Å². The van der Waals surface area contributed by atoms with E-state index >= 15 is 0 Å². The predicted octanol–water partition coefficient (Wildman–Crippen LogP) is 3.70. The summed E-state index contributed by atoms with van der Waals surface area (Å²) in [5, 5.41) is 10.00. The predicted molar refractivity (Wildman–Crippen MR) is 73.3 cm³/mol. The smallest absolute Gasteiger partial charge is 0.129 e. The van der Waals surface area contributed by atoms with Crippen LogP contribution in [0, 0.1) is 17.7 Å². The average Bonchev–Trinajstić information content (AvgIpc) is 2.35. The van der Waals surface area contributed by atoms with Gasteiger partial charge in [-0.15, -0.1) is 0 Å². The molecule has 1 aromatic carbocycles. The van der Waals surface area contributed by atoms with Crippen LogP contribution in [0.4, 0.5) is 4.39 Å². The van der Waals surface area contributed by atoms with E-state index in [1.54, 1.807) is 18.2 Å². The molecule has 0 saturated heterocycles. The monoisotopic (exact) mass is 266 g/mol. The molecule has 0 radical (unpaired) electrons. The molecule has 19 heavy (non-hydrogen) atoms. The van der Waals surface area contributed by atoms with Gasteiger partial charge in [0.05, 0.1) is 12.7 Å². The van der Waals surface area contributed by atoms with Crippen molar-refractivity contribution in [3.05, 3.63) is 35.6 Å². The van der Waals surface area contributed by atoms with Gasteiger partial charge in [-0.1, -0.05) is 32.0 Å². The van der Waals surface area contributed by atoms with E-state index in [2.05, 4.69) is 13.8 Å². The van der Waals surface area contributed by atoms with Crippen LogP contribution < -0.4 is 0 Å². The van der Waals surface area contributed by atoms with Crippen molar-refractivity contribution >= 4 is 0 Å². The summed E-state index contributed by atoms with van der Waals surface area (Å²) in [5.74, 6) is 0.961. The van der Waals surface area contributed by atoms with Crippen LogP contribution in [0.15, 0.2) is 24.3 Å². The lowest BCUT2D eigenvalue weighted by atomic mass is 9.82. The van der Waals surface area contributed by atoms with E-state index in [-0.39, 0.29) is 18.5 Å². The Hall–Kier alpha value is -0.930. The third-order valence-corrected chi connectivity index (χ3v) is 3.89. The summed E-state index contributed by atoms with van der Waals surface area (Å²) in [4.78, 5) is 0. The minimum atomic E-state index is -0.881. The summed E-state index contributed by atoms with van der Waals surface area (Å²) < 4.78 is 19.3. The van der Waals surface area contributed by atoms with Gasteiger partial charge in [-0.05, 0) is 37.2 Å². The van der Waals surface area contributed by atoms with Crippen LogP contribution in [0.2, 0.25) is 0 Å². The largest absolute Gasteiger partial charge is 0.386 e. The third-order valence-electron chi connectivity index (χ3n) is 3.89. The highest BCUT2D eigenvalue weighted by Crippen LogP contribution is 2.31. The van der Waals surface area contributed by atoms with Crippen LogP contribution in [0.3, 0.4) is 0 Å². The second-order valence-corrected chi connectivity index (χ2v) is 5.91. The molecular formula is C16H23FO2. The lowest BCUT2D eigenvalue weighted by molar-refractivity contribution is -0.0419. The van der Waals surface area contributed by atoms with Crippen molar-refractivity contribution < 1.29 is 14.2 Å². The van der Waals surface area contributed by atoms with Crippen LogP contribution in [0.1, 0.15) is 44.8 Å². The van der Waals surface area contributed by atoms with Gasteiger partial charge in [-0.2, -0.15) is 0 Å². The highest BCUT2D eigenvalue weighted by Gasteiger charge is 2.25. The van der Waals surface area contributed by atoms with Crippen molar-refractivity contribution in [1.29, 1.82) is 0 Å². The number of aliphatic hydroxyl groups excluding tert-OH is 1. The molecule has 0 bridgehead atoms. The number of ether oxygens (including phenoxy) is 1. The first-order valence-corrected chi connectivity index (χ1v) is 7.10. The van der Waals surface area contributed by atoms with Crippen LogP contribution in [0.5, 0.6) is 0 Å². The lowest BCUT2D eigenvalue weighted by Crippen LogP contribution is -2.27. The molecule has 3 heteroatoms. The Bertz CT molecular complexity index is 397. The highest BCUT2D eigenvalue weighted by molar-refractivity contribution is 5.19. The van der Waals surface area contributed by atoms with E-state index in [1.807, 2.05) is 0 Å². The maximum atomic E-state index is 13.5. The van der Waals surface area contributed by atoms with E-state index in [9.17, 15) is 9.50 Å². The molecule has 1 saturated carbocycles. The zero-order chi connectivity index (χ0) is 13.8. The van der Waals surface area contributed by atoms with Gasteiger partial charge in [-0.25, -0.2) is 4.39 Å². The summed E-state index contributed by atoms with van der Waals surface area (Å²) >= 11 is 0. The number of rotatable bonds is 4. The molecule has 0 amide bonds. The lowest BCUT2D eigenvalue weighted by Gasteiger charge is -2.31. The summed E-state index contributed by atoms with van der Waals surface area (Å²) in [6, 6.07) is 6.32. The number of aliphatic hydroxyl groups is 1. The highest BCUT2D eigenvalue weighted by atomic mass is 19.1. The first-order valence-electron chi connectivity index (χ1n) is 7.10. The zero-order valence-corrected chi connectivity index (χ0v) is 11.7. The molecule has 1 fully saturated rings. The van der Waals surface area contributed by atoms with Gasteiger partial charge in [-0.3, -0.25) is 0 Å². The van der Waals surface area contributed by atoms with E-state index < -0.39 is 6.10 Å². The minimum Gasteiger partial charge on any atom is -0.386 e.